The molecule has 3 rings (SSSR count). The number of nitrogens with zero attached hydrogens (tertiary/aromatic N) is 3. The lowest BCUT2D eigenvalue weighted by atomic mass is 10.2. The van der Waals surface area contributed by atoms with Gasteiger partial charge in [0.25, 0.3) is 0 Å². The van der Waals surface area contributed by atoms with Gasteiger partial charge >= 0.3 is 0 Å². The first-order chi connectivity index (χ1) is 10.2. The normalized spacial score (nSPS) is 10.7. The fourth-order valence-electron chi connectivity index (χ4n) is 1.93. The van der Waals surface area contributed by atoms with Crippen LogP contribution in [0.25, 0.3) is 11.0 Å². The maximum atomic E-state index is 11.1. The molecule has 0 aliphatic rings. The number of aromatic amines is 1. The van der Waals surface area contributed by atoms with Gasteiger partial charge in [-0.25, -0.2) is 9.97 Å². The van der Waals surface area contributed by atoms with Gasteiger partial charge in [-0.1, -0.05) is 0 Å². The minimum Gasteiger partial charge on any atom is -0.366 e. The van der Waals surface area contributed by atoms with E-state index >= 15 is 0 Å². The van der Waals surface area contributed by atoms with Gasteiger partial charge in [-0.05, 0) is 30.5 Å². The monoisotopic (exact) mass is 300 g/mol. The summed E-state index contributed by atoms with van der Waals surface area (Å²) in [4.78, 5) is 19.5. The summed E-state index contributed by atoms with van der Waals surface area (Å²) in [6.07, 6.45) is 3.40. The summed E-state index contributed by atoms with van der Waals surface area (Å²) in [5.41, 5.74) is 7.15. The van der Waals surface area contributed by atoms with Crippen LogP contribution in [0.15, 0.2) is 35.6 Å². The first kappa shape index (κ1) is 13.4. The van der Waals surface area contributed by atoms with Crippen LogP contribution in [0.2, 0.25) is 0 Å². The van der Waals surface area contributed by atoms with E-state index in [2.05, 4.69) is 25.5 Å². The maximum absolute atomic E-state index is 11.1. The van der Waals surface area contributed by atoms with Gasteiger partial charge in [0, 0.05) is 11.3 Å². The third-order valence-electron chi connectivity index (χ3n) is 2.95. The second kappa shape index (κ2) is 5.41. The van der Waals surface area contributed by atoms with E-state index in [9.17, 15) is 4.79 Å². The lowest BCUT2D eigenvalue weighted by Crippen LogP contribution is -2.10. The van der Waals surface area contributed by atoms with Gasteiger partial charge in [-0.3, -0.25) is 9.89 Å². The molecular weight excluding hydrogens is 288 g/mol. The number of anilines is 2. The molecule has 1 amide bonds. The number of hydrogen-bond acceptors (Lipinski definition) is 6. The van der Waals surface area contributed by atoms with Crippen LogP contribution in [0.3, 0.4) is 0 Å². The molecular formula is C13H12N6OS. The lowest BCUT2D eigenvalue weighted by Gasteiger charge is -2.07. The zero-order valence-corrected chi connectivity index (χ0v) is 11.9. The molecule has 0 aliphatic carbocycles. The molecule has 2 aromatic heterocycles. The molecule has 21 heavy (non-hydrogen) atoms. The van der Waals surface area contributed by atoms with Gasteiger partial charge in [0.15, 0.2) is 5.65 Å². The van der Waals surface area contributed by atoms with Crippen molar-refractivity contribution < 1.29 is 4.79 Å². The number of benzene rings is 1. The van der Waals surface area contributed by atoms with E-state index in [0.29, 0.717) is 17.0 Å². The third-order valence-corrected chi connectivity index (χ3v) is 3.63. The highest BCUT2D eigenvalue weighted by Crippen LogP contribution is 2.29. The van der Waals surface area contributed by atoms with Crippen LogP contribution in [0, 0.1) is 0 Å². The van der Waals surface area contributed by atoms with Crippen molar-refractivity contribution in [2.45, 2.75) is 5.03 Å². The smallest absolute Gasteiger partial charge is 0.248 e. The van der Waals surface area contributed by atoms with E-state index in [1.54, 1.807) is 24.3 Å². The number of carbonyl (C=O) groups excluding carboxylic acids is 1. The molecule has 0 atom stereocenters. The fourth-order valence-corrected chi connectivity index (χ4v) is 2.46. The Morgan fingerprint density at radius 3 is 2.71 bits per heavy atom. The molecule has 0 saturated carbocycles. The lowest BCUT2D eigenvalue weighted by molar-refractivity contribution is 0.100. The number of H-pyrrole nitrogens is 1. The number of hydrogen-bond donors (Lipinski definition) is 3. The van der Waals surface area contributed by atoms with Crippen LogP contribution >= 0.6 is 11.8 Å². The Balaban J connectivity index is 1.97. The number of nitrogens with two attached hydrogens (primary N) is 1. The van der Waals surface area contributed by atoms with E-state index in [0.717, 1.165) is 16.1 Å². The zero-order chi connectivity index (χ0) is 14.8. The van der Waals surface area contributed by atoms with Crippen LogP contribution in [-0.4, -0.2) is 32.3 Å². The summed E-state index contributed by atoms with van der Waals surface area (Å²) >= 11 is 1.51. The topological polar surface area (TPSA) is 110 Å². The zero-order valence-electron chi connectivity index (χ0n) is 11.1. The number of amides is 1. The number of aromatic nitrogens is 4. The molecule has 1 aromatic carbocycles. The van der Waals surface area contributed by atoms with Gasteiger partial charge < -0.3 is 11.1 Å². The maximum Gasteiger partial charge on any atom is 0.248 e. The molecule has 106 valence electrons. The Morgan fingerprint density at radius 2 is 2.05 bits per heavy atom. The number of rotatable bonds is 4. The van der Waals surface area contributed by atoms with E-state index in [1.165, 1.54) is 18.1 Å². The van der Waals surface area contributed by atoms with E-state index in [1.807, 2.05) is 6.26 Å². The van der Waals surface area contributed by atoms with Gasteiger partial charge in [-0.15, -0.1) is 11.8 Å². The summed E-state index contributed by atoms with van der Waals surface area (Å²) in [5.74, 6) is 0.204. The third kappa shape index (κ3) is 2.52. The predicted molar refractivity (Wildman–Crippen MR) is 81.7 cm³/mol. The van der Waals surface area contributed by atoms with Crippen molar-refractivity contribution in [3.05, 3.63) is 36.2 Å². The van der Waals surface area contributed by atoms with Crippen molar-refractivity contribution in [1.82, 2.24) is 20.2 Å². The number of fused-ring (bicyclic) bond motifs is 1. The highest BCUT2D eigenvalue weighted by Gasteiger charge is 2.12. The largest absolute Gasteiger partial charge is 0.366 e. The molecule has 0 fully saturated rings. The van der Waals surface area contributed by atoms with Gasteiger partial charge in [0.2, 0.25) is 5.91 Å². The van der Waals surface area contributed by atoms with Gasteiger partial charge in [-0.2, -0.15) is 5.10 Å². The second-order valence-corrected chi connectivity index (χ2v) is 5.04. The molecule has 7 nitrogen and oxygen atoms in total. The summed E-state index contributed by atoms with van der Waals surface area (Å²) in [7, 11) is 0. The molecule has 8 heteroatoms. The standard InChI is InChI=1S/C13H12N6OS/c1-21-13-9-11(15-6-16-12(9)18-19-13)17-8-4-2-7(3-5-8)10(14)20/h2-6H,1H3,(H2,14,20)(H2,15,16,17,18,19). The first-order valence-electron chi connectivity index (χ1n) is 6.09. The van der Waals surface area contributed by atoms with Crippen molar-refractivity contribution in [1.29, 1.82) is 0 Å². The number of carbonyl (C=O) groups is 1. The predicted octanol–water partition coefficient (Wildman–Crippen LogP) is 1.92. The fraction of sp³-hybridized carbons (Fsp3) is 0.0769. The Morgan fingerprint density at radius 1 is 1.29 bits per heavy atom. The van der Waals surface area contributed by atoms with Crippen molar-refractivity contribution in [2.24, 2.45) is 5.73 Å². The summed E-state index contributed by atoms with van der Waals surface area (Å²) in [5, 5.41) is 11.9. The number of thioether (sulfide) groups is 1. The van der Waals surface area contributed by atoms with Crippen molar-refractivity contribution in [3.8, 4) is 0 Å². The van der Waals surface area contributed by atoms with Crippen LogP contribution in [0.5, 0.6) is 0 Å². The Hall–Kier alpha value is -2.61. The van der Waals surface area contributed by atoms with Crippen molar-refractivity contribution >= 4 is 40.2 Å². The SMILES string of the molecule is CSc1n[nH]c2ncnc(Nc3ccc(C(N)=O)cc3)c12. The van der Waals surface area contributed by atoms with Crippen LogP contribution < -0.4 is 11.1 Å². The minimum atomic E-state index is -0.453. The summed E-state index contributed by atoms with van der Waals surface area (Å²) < 4.78 is 0. The highest BCUT2D eigenvalue weighted by atomic mass is 32.2. The average Bonchev–Trinajstić information content (AvgIpc) is 2.92. The molecule has 2 heterocycles. The summed E-state index contributed by atoms with van der Waals surface area (Å²) in [6.45, 7) is 0. The molecule has 0 unspecified atom stereocenters. The molecule has 0 aliphatic heterocycles. The van der Waals surface area contributed by atoms with Crippen LogP contribution in [-0.2, 0) is 0 Å². The molecule has 4 N–H and O–H groups in total. The molecule has 0 saturated heterocycles. The van der Waals surface area contributed by atoms with Gasteiger partial charge in [0.1, 0.15) is 17.2 Å². The Labute approximate surface area is 124 Å². The second-order valence-electron chi connectivity index (χ2n) is 4.25. The van der Waals surface area contributed by atoms with Crippen molar-refractivity contribution in [2.75, 3.05) is 11.6 Å². The van der Waals surface area contributed by atoms with E-state index < -0.39 is 5.91 Å². The number of nitrogens with one attached hydrogen (secondary N) is 2. The molecule has 0 bridgehead atoms. The summed E-state index contributed by atoms with van der Waals surface area (Å²) in [6, 6.07) is 6.86. The van der Waals surface area contributed by atoms with Gasteiger partial charge in [0.05, 0.1) is 5.39 Å². The first-order valence-corrected chi connectivity index (χ1v) is 7.31. The molecule has 0 radical (unpaired) electrons. The quantitative estimate of drug-likeness (QED) is 0.635. The Bertz CT molecular complexity index is 798. The van der Waals surface area contributed by atoms with Crippen LogP contribution in [0.4, 0.5) is 11.5 Å². The van der Waals surface area contributed by atoms with E-state index in [-0.39, 0.29) is 0 Å². The highest BCUT2D eigenvalue weighted by molar-refractivity contribution is 7.98. The van der Waals surface area contributed by atoms with E-state index in [4.69, 9.17) is 5.73 Å². The minimum absolute atomic E-state index is 0.453. The molecule has 0 spiro atoms. The average molecular weight is 300 g/mol. The van der Waals surface area contributed by atoms with Crippen LogP contribution in [0.1, 0.15) is 10.4 Å². The molecule has 3 aromatic rings. The Kier molecular flexibility index (Phi) is 3.44. The number of primary amides is 1. The van der Waals surface area contributed by atoms with Crippen molar-refractivity contribution in [3.63, 3.8) is 0 Å².